The van der Waals surface area contributed by atoms with Gasteiger partial charge in [-0.1, -0.05) is 121 Å². The first-order valence-corrected chi connectivity index (χ1v) is 14.4. The molecule has 0 saturated carbocycles. The number of nitrogens with zero attached hydrogens (tertiary/aromatic N) is 3. The molecule has 4 nitrogen and oxygen atoms in total. The highest BCUT2D eigenvalue weighted by molar-refractivity contribution is 6.23. The maximum Gasteiger partial charge on any atom is 0.164 e. The standard InChI is InChI=1S/C39H23N3O/c1-2-12-25(13-3-1)37-40-38(31-18-10-20-34-36(31)30-17-8-9-19-33(30)43-34)42-39(41-37)32-23-26-14-5-7-16-28(26)35-27-15-6-4-11-24(27)21-22-29(32)35/h1-23H. The highest BCUT2D eigenvalue weighted by Gasteiger charge is 2.19. The zero-order chi connectivity index (χ0) is 28.3. The second-order valence-corrected chi connectivity index (χ2v) is 10.8. The highest BCUT2D eigenvalue weighted by atomic mass is 16.3. The van der Waals surface area contributed by atoms with Crippen LogP contribution in [-0.4, -0.2) is 15.0 Å². The number of fused-ring (bicyclic) bond motifs is 8. The number of benzene rings is 7. The number of hydrogen-bond donors (Lipinski definition) is 0. The molecule has 0 aliphatic rings. The van der Waals surface area contributed by atoms with Crippen LogP contribution in [0.4, 0.5) is 0 Å². The lowest BCUT2D eigenvalue weighted by atomic mass is 9.92. The monoisotopic (exact) mass is 549 g/mol. The third-order valence-electron chi connectivity index (χ3n) is 8.30. The summed E-state index contributed by atoms with van der Waals surface area (Å²) in [6.07, 6.45) is 0. The quantitative estimate of drug-likeness (QED) is 0.206. The average Bonchev–Trinajstić information content (AvgIpc) is 3.47. The van der Waals surface area contributed by atoms with Gasteiger partial charge >= 0.3 is 0 Å². The summed E-state index contributed by atoms with van der Waals surface area (Å²) in [5.41, 5.74) is 4.48. The van der Waals surface area contributed by atoms with Crippen molar-refractivity contribution in [2.45, 2.75) is 0 Å². The van der Waals surface area contributed by atoms with Crippen molar-refractivity contribution in [2.24, 2.45) is 0 Å². The van der Waals surface area contributed by atoms with Crippen LogP contribution < -0.4 is 0 Å². The predicted octanol–water partition coefficient (Wildman–Crippen LogP) is 10.2. The van der Waals surface area contributed by atoms with Gasteiger partial charge in [-0.25, -0.2) is 15.0 Å². The Labute approximate surface area is 246 Å². The number of para-hydroxylation sites is 1. The van der Waals surface area contributed by atoms with Gasteiger partial charge in [0.2, 0.25) is 0 Å². The van der Waals surface area contributed by atoms with E-state index in [1.54, 1.807) is 0 Å². The van der Waals surface area contributed by atoms with E-state index in [0.29, 0.717) is 17.5 Å². The SMILES string of the molecule is c1ccc(-c2nc(-c3cc4ccccc4c4c3ccc3ccccc34)nc(-c3cccc4oc5ccccc5c34)n2)cc1. The zero-order valence-electron chi connectivity index (χ0n) is 23.0. The van der Waals surface area contributed by atoms with E-state index in [2.05, 4.69) is 78.9 Å². The predicted molar refractivity (Wildman–Crippen MR) is 176 cm³/mol. The number of hydrogen-bond acceptors (Lipinski definition) is 4. The topological polar surface area (TPSA) is 51.8 Å². The first-order chi connectivity index (χ1) is 21.3. The smallest absolute Gasteiger partial charge is 0.164 e. The Morgan fingerprint density at radius 3 is 1.84 bits per heavy atom. The van der Waals surface area contributed by atoms with Crippen LogP contribution in [-0.2, 0) is 0 Å². The van der Waals surface area contributed by atoms with E-state index in [1.807, 2.05) is 60.7 Å². The minimum absolute atomic E-state index is 0.614. The van der Waals surface area contributed by atoms with Crippen molar-refractivity contribution in [3.63, 3.8) is 0 Å². The van der Waals surface area contributed by atoms with Crippen LogP contribution in [0.2, 0.25) is 0 Å². The molecule has 200 valence electrons. The Balaban J connectivity index is 1.40. The lowest BCUT2D eigenvalue weighted by Crippen LogP contribution is -2.01. The molecule has 0 amide bonds. The van der Waals surface area contributed by atoms with Crippen LogP contribution in [0.3, 0.4) is 0 Å². The summed E-state index contributed by atoms with van der Waals surface area (Å²) >= 11 is 0. The van der Waals surface area contributed by atoms with Crippen LogP contribution >= 0.6 is 0 Å². The fourth-order valence-corrected chi connectivity index (χ4v) is 6.35. The van der Waals surface area contributed by atoms with Crippen molar-refractivity contribution in [3.05, 3.63) is 140 Å². The van der Waals surface area contributed by atoms with Crippen LogP contribution in [0.15, 0.2) is 144 Å². The van der Waals surface area contributed by atoms with Crippen molar-refractivity contribution in [1.82, 2.24) is 15.0 Å². The van der Waals surface area contributed by atoms with Crippen LogP contribution in [0.1, 0.15) is 0 Å². The molecule has 0 saturated heterocycles. The van der Waals surface area contributed by atoms with E-state index in [0.717, 1.165) is 49.4 Å². The lowest BCUT2D eigenvalue weighted by molar-refractivity contribution is 0.669. The highest BCUT2D eigenvalue weighted by Crippen LogP contribution is 2.40. The summed E-state index contributed by atoms with van der Waals surface area (Å²) < 4.78 is 6.22. The summed E-state index contributed by atoms with van der Waals surface area (Å²) in [5, 5.41) is 9.14. The molecular formula is C39H23N3O. The Kier molecular flexibility index (Phi) is 5.16. The molecule has 7 aromatic carbocycles. The molecule has 2 aromatic heterocycles. The Hall–Kier alpha value is -5.87. The molecule has 43 heavy (non-hydrogen) atoms. The van der Waals surface area contributed by atoms with Gasteiger partial charge in [0.1, 0.15) is 11.2 Å². The normalized spacial score (nSPS) is 11.7. The molecule has 0 spiro atoms. The zero-order valence-corrected chi connectivity index (χ0v) is 23.0. The van der Waals surface area contributed by atoms with E-state index in [-0.39, 0.29) is 0 Å². The van der Waals surface area contributed by atoms with Crippen molar-refractivity contribution in [3.8, 4) is 34.2 Å². The summed E-state index contributed by atoms with van der Waals surface area (Å²) in [5.74, 6) is 1.88. The van der Waals surface area contributed by atoms with E-state index >= 15 is 0 Å². The minimum atomic E-state index is 0.614. The summed E-state index contributed by atoms with van der Waals surface area (Å²) in [4.78, 5) is 15.4. The molecule has 0 N–H and O–H groups in total. The molecule has 0 unspecified atom stereocenters. The van der Waals surface area contributed by atoms with E-state index in [9.17, 15) is 0 Å². The van der Waals surface area contributed by atoms with Gasteiger partial charge in [0.25, 0.3) is 0 Å². The first-order valence-electron chi connectivity index (χ1n) is 14.4. The van der Waals surface area contributed by atoms with Crippen molar-refractivity contribution in [1.29, 1.82) is 0 Å². The van der Waals surface area contributed by atoms with Gasteiger partial charge in [-0.15, -0.1) is 0 Å². The molecular weight excluding hydrogens is 526 g/mol. The minimum Gasteiger partial charge on any atom is -0.456 e. The number of aromatic nitrogens is 3. The first kappa shape index (κ1) is 23.8. The summed E-state index contributed by atoms with van der Waals surface area (Å²) in [7, 11) is 0. The average molecular weight is 550 g/mol. The molecule has 0 aliphatic carbocycles. The molecule has 0 aliphatic heterocycles. The molecule has 0 atom stereocenters. The van der Waals surface area contributed by atoms with Crippen LogP contribution in [0, 0.1) is 0 Å². The van der Waals surface area contributed by atoms with E-state index < -0.39 is 0 Å². The second-order valence-electron chi connectivity index (χ2n) is 10.8. The largest absolute Gasteiger partial charge is 0.456 e. The van der Waals surface area contributed by atoms with Gasteiger partial charge in [-0.05, 0) is 50.5 Å². The Morgan fingerprint density at radius 2 is 1.00 bits per heavy atom. The molecule has 0 fully saturated rings. The molecule has 2 heterocycles. The molecule has 4 heteroatoms. The Bertz CT molecular complexity index is 2500. The molecule has 0 radical (unpaired) electrons. The van der Waals surface area contributed by atoms with E-state index in [1.165, 1.54) is 21.5 Å². The fraction of sp³-hybridized carbons (Fsp3) is 0. The van der Waals surface area contributed by atoms with E-state index in [4.69, 9.17) is 19.4 Å². The maximum absolute atomic E-state index is 6.22. The van der Waals surface area contributed by atoms with Crippen molar-refractivity contribution >= 4 is 54.3 Å². The fourth-order valence-electron chi connectivity index (χ4n) is 6.35. The second kappa shape index (κ2) is 9.33. The van der Waals surface area contributed by atoms with Crippen LogP contribution in [0.25, 0.3) is 88.4 Å². The van der Waals surface area contributed by atoms with Gasteiger partial charge in [0, 0.05) is 27.5 Å². The van der Waals surface area contributed by atoms with Gasteiger partial charge in [-0.2, -0.15) is 0 Å². The van der Waals surface area contributed by atoms with Crippen molar-refractivity contribution < 1.29 is 4.42 Å². The number of furan rings is 1. The summed E-state index contributed by atoms with van der Waals surface area (Å²) in [6, 6.07) is 48.0. The maximum atomic E-state index is 6.22. The number of rotatable bonds is 3. The van der Waals surface area contributed by atoms with Gasteiger partial charge in [-0.3, -0.25) is 0 Å². The third kappa shape index (κ3) is 3.74. The van der Waals surface area contributed by atoms with Crippen molar-refractivity contribution in [2.75, 3.05) is 0 Å². The van der Waals surface area contributed by atoms with Gasteiger partial charge < -0.3 is 4.42 Å². The molecule has 9 rings (SSSR count). The summed E-state index contributed by atoms with van der Waals surface area (Å²) in [6.45, 7) is 0. The molecule has 9 aromatic rings. The molecule has 0 bridgehead atoms. The van der Waals surface area contributed by atoms with Gasteiger partial charge in [0.15, 0.2) is 17.5 Å². The van der Waals surface area contributed by atoms with Gasteiger partial charge in [0.05, 0.1) is 0 Å². The van der Waals surface area contributed by atoms with Crippen LogP contribution in [0.5, 0.6) is 0 Å². The lowest BCUT2D eigenvalue weighted by Gasteiger charge is -2.14. The third-order valence-corrected chi connectivity index (χ3v) is 8.30. The Morgan fingerprint density at radius 1 is 0.372 bits per heavy atom.